The molecule has 0 saturated carbocycles. The Kier molecular flexibility index (Phi) is 3.69. The molecular formula is C22H23NOSi. The number of fused-ring (bicyclic) bond motifs is 3. The summed E-state index contributed by atoms with van der Waals surface area (Å²) in [6.07, 6.45) is 0. The average molecular weight is 346 g/mol. The predicted octanol–water partition coefficient (Wildman–Crippen LogP) is 6.18. The van der Waals surface area contributed by atoms with Crippen LogP contribution in [0.5, 0.6) is 0 Å². The van der Waals surface area contributed by atoms with Crippen molar-refractivity contribution in [2.45, 2.75) is 26.6 Å². The summed E-state index contributed by atoms with van der Waals surface area (Å²) in [4.78, 5) is 0. The number of para-hydroxylation sites is 3. The second-order valence-electron chi connectivity index (χ2n) is 7.66. The van der Waals surface area contributed by atoms with Crippen LogP contribution in [0.25, 0.3) is 21.9 Å². The van der Waals surface area contributed by atoms with Gasteiger partial charge >= 0.3 is 0 Å². The number of furan rings is 1. The van der Waals surface area contributed by atoms with E-state index in [-0.39, 0.29) is 0 Å². The van der Waals surface area contributed by atoms with E-state index in [1.165, 1.54) is 21.8 Å². The molecule has 25 heavy (non-hydrogen) atoms. The standard InChI is InChI=1S/C22H23NOSi/c1-15-9-7-10-16-17-11-8-13-19(22(17)24-21(15)16)23-18-12-5-6-14-20(18)25(2,3)4/h5-14,23H,1-4H3. The molecule has 0 aliphatic rings. The number of aryl methyl sites for hydroxylation is 1. The van der Waals surface area contributed by atoms with Crippen molar-refractivity contribution in [1.82, 2.24) is 0 Å². The lowest BCUT2D eigenvalue weighted by Crippen LogP contribution is -2.38. The van der Waals surface area contributed by atoms with E-state index in [2.05, 4.69) is 92.5 Å². The predicted molar refractivity (Wildman–Crippen MR) is 111 cm³/mol. The Labute approximate surface area is 149 Å². The van der Waals surface area contributed by atoms with E-state index in [1.807, 2.05) is 0 Å². The highest BCUT2D eigenvalue weighted by atomic mass is 28.3. The Hall–Kier alpha value is -2.52. The molecule has 0 saturated heterocycles. The van der Waals surface area contributed by atoms with Gasteiger partial charge in [-0.25, -0.2) is 0 Å². The summed E-state index contributed by atoms with van der Waals surface area (Å²) >= 11 is 0. The first-order chi connectivity index (χ1) is 11.9. The third-order valence-corrected chi connectivity index (χ3v) is 6.78. The van der Waals surface area contributed by atoms with Gasteiger partial charge in [-0.3, -0.25) is 0 Å². The van der Waals surface area contributed by atoms with E-state index in [1.54, 1.807) is 0 Å². The first-order valence-corrected chi connectivity index (χ1v) is 12.2. The molecule has 0 fully saturated rings. The number of rotatable bonds is 3. The van der Waals surface area contributed by atoms with Crippen molar-refractivity contribution in [3.05, 3.63) is 66.2 Å². The summed E-state index contributed by atoms with van der Waals surface area (Å²) in [6, 6.07) is 21.3. The van der Waals surface area contributed by atoms with Crippen molar-refractivity contribution >= 4 is 46.6 Å². The summed E-state index contributed by atoms with van der Waals surface area (Å²) in [7, 11) is -1.43. The van der Waals surface area contributed by atoms with Gasteiger partial charge in [-0.05, 0) is 29.8 Å². The molecule has 1 N–H and O–H groups in total. The Morgan fingerprint density at radius 3 is 2.12 bits per heavy atom. The van der Waals surface area contributed by atoms with E-state index >= 15 is 0 Å². The number of hydrogen-bond donors (Lipinski definition) is 1. The molecular weight excluding hydrogens is 322 g/mol. The second-order valence-corrected chi connectivity index (χ2v) is 12.7. The maximum Gasteiger partial charge on any atom is 0.158 e. The molecule has 3 aromatic carbocycles. The van der Waals surface area contributed by atoms with E-state index in [4.69, 9.17) is 4.42 Å². The van der Waals surface area contributed by atoms with Gasteiger partial charge in [0.25, 0.3) is 0 Å². The van der Waals surface area contributed by atoms with Crippen LogP contribution < -0.4 is 10.5 Å². The van der Waals surface area contributed by atoms with Crippen LogP contribution in [0.15, 0.2) is 65.1 Å². The highest BCUT2D eigenvalue weighted by molar-refractivity contribution is 6.89. The Morgan fingerprint density at radius 2 is 1.36 bits per heavy atom. The van der Waals surface area contributed by atoms with Gasteiger partial charge in [-0.15, -0.1) is 0 Å². The highest BCUT2D eigenvalue weighted by Gasteiger charge is 2.20. The third kappa shape index (κ3) is 2.75. The number of nitrogens with one attached hydrogen (secondary N) is 1. The van der Waals surface area contributed by atoms with Gasteiger partial charge in [0.2, 0.25) is 0 Å². The van der Waals surface area contributed by atoms with Gasteiger partial charge < -0.3 is 9.73 Å². The fraction of sp³-hybridized carbons (Fsp3) is 0.182. The molecule has 0 bridgehead atoms. The van der Waals surface area contributed by atoms with Crippen molar-refractivity contribution in [3.63, 3.8) is 0 Å². The van der Waals surface area contributed by atoms with Crippen LogP contribution in [-0.4, -0.2) is 8.07 Å². The van der Waals surface area contributed by atoms with Crippen molar-refractivity contribution < 1.29 is 4.42 Å². The van der Waals surface area contributed by atoms with Crippen LogP contribution >= 0.6 is 0 Å². The zero-order valence-electron chi connectivity index (χ0n) is 15.2. The van der Waals surface area contributed by atoms with Crippen molar-refractivity contribution in [3.8, 4) is 0 Å². The quantitative estimate of drug-likeness (QED) is 0.448. The maximum atomic E-state index is 6.26. The molecule has 4 aromatic rings. The first kappa shape index (κ1) is 16.0. The van der Waals surface area contributed by atoms with Crippen LogP contribution in [0.1, 0.15) is 5.56 Å². The molecule has 3 heteroatoms. The summed E-state index contributed by atoms with van der Waals surface area (Å²) in [5.74, 6) is 0. The van der Waals surface area contributed by atoms with Gasteiger partial charge in [0.15, 0.2) is 5.58 Å². The minimum absolute atomic E-state index is 0.928. The molecule has 0 radical (unpaired) electrons. The Balaban J connectivity index is 1.89. The highest BCUT2D eigenvalue weighted by Crippen LogP contribution is 2.35. The molecule has 0 atom stereocenters. The minimum Gasteiger partial charge on any atom is -0.454 e. The number of hydrogen-bond acceptors (Lipinski definition) is 2. The summed E-state index contributed by atoms with van der Waals surface area (Å²) in [6.45, 7) is 9.22. The van der Waals surface area contributed by atoms with Crippen molar-refractivity contribution in [1.29, 1.82) is 0 Å². The summed E-state index contributed by atoms with van der Waals surface area (Å²) in [5, 5.41) is 7.41. The lowest BCUT2D eigenvalue weighted by atomic mass is 10.1. The maximum absolute atomic E-state index is 6.26. The molecule has 1 aromatic heterocycles. The van der Waals surface area contributed by atoms with E-state index in [9.17, 15) is 0 Å². The zero-order valence-corrected chi connectivity index (χ0v) is 16.2. The fourth-order valence-corrected chi connectivity index (χ4v) is 5.00. The van der Waals surface area contributed by atoms with Crippen LogP contribution in [-0.2, 0) is 0 Å². The summed E-state index contributed by atoms with van der Waals surface area (Å²) < 4.78 is 6.26. The van der Waals surface area contributed by atoms with E-state index < -0.39 is 8.07 Å². The fourth-order valence-electron chi connectivity index (χ4n) is 3.45. The minimum atomic E-state index is -1.43. The Morgan fingerprint density at radius 1 is 0.720 bits per heavy atom. The van der Waals surface area contributed by atoms with Crippen LogP contribution in [0.3, 0.4) is 0 Å². The van der Waals surface area contributed by atoms with Crippen LogP contribution in [0, 0.1) is 6.92 Å². The molecule has 1 heterocycles. The molecule has 0 spiro atoms. The third-order valence-electron chi connectivity index (χ3n) is 4.73. The van der Waals surface area contributed by atoms with Gasteiger partial charge in [0.05, 0.1) is 13.8 Å². The molecule has 0 amide bonds. The smallest absolute Gasteiger partial charge is 0.158 e. The topological polar surface area (TPSA) is 25.2 Å². The molecule has 4 rings (SSSR count). The molecule has 2 nitrogen and oxygen atoms in total. The number of anilines is 2. The van der Waals surface area contributed by atoms with E-state index in [0.717, 1.165) is 22.2 Å². The van der Waals surface area contributed by atoms with Gasteiger partial charge in [-0.1, -0.05) is 68.2 Å². The normalized spacial score (nSPS) is 12.0. The monoisotopic (exact) mass is 345 g/mol. The first-order valence-electron chi connectivity index (χ1n) is 8.72. The second kappa shape index (κ2) is 5.78. The molecule has 126 valence electrons. The van der Waals surface area contributed by atoms with Gasteiger partial charge in [0.1, 0.15) is 5.58 Å². The zero-order chi connectivity index (χ0) is 17.6. The SMILES string of the molecule is Cc1cccc2c1oc1c(Nc3ccccc3[Si](C)(C)C)cccc12. The number of benzene rings is 3. The van der Waals surface area contributed by atoms with Gasteiger partial charge in [-0.2, -0.15) is 0 Å². The lowest BCUT2D eigenvalue weighted by Gasteiger charge is -2.21. The molecule has 0 aliphatic carbocycles. The van der Waals surface area contributed by atoms with Crippen molar-refractivity contribution in [2.24, 2.45) is 0 Å². The average Bonchev–Trinajstić information content (AvgIpc) is 2.96. The molecule has 0 aliphatic heterocycles. The Bertz CT molecular complexity index is 1070. The lowest BCUT2D eigenvalue weighted by molar-refractivity contribution is 0.667. The van der Waals surface area contributed by atoms with Crippen LogP contribution in [0.2, 0.25) is 19.6 Å². The summed E-state index contributed by atoms with van der Waals surface area (Å²) in [5.41, 5.74) is 5.29. The largest absolute Gasteiger partial charge is 0.454 e. The van der Waals surface area contributed by atoms with Crippen molar-refractivity contribution in [2.75, 3.05) is 5.32 Å². The van der Waals surface area contributed by atoms with Gasteiger partial charge in [0, 0.05) is 16.5 Å². The molecule has 0 unspecified atom stereocenters. The van der Waals surface area contributed by atoms with Crippen LogP contribution in [0.4, 0.5) is 11.4 Å². The van der Waals surface area contributed by atoms with E-state index in [0.29, 0.717) is 0 Å².